The van der Waals surface area contributed by atoms with Crippen LogP contribution >= 0.6 is 11.3 Å². The molecule has 2 fully saturated rings. The number of rotatable bonds is 2. The van der Waals surface area contributed by atoms with Crippen LogP contribution < -0.4 is 9.55 Å². The van der Waals surface area contributed by atoms with Crippen molar-refractivity contribution in [3.63, 3.8) is 0 Å². The lowest BCUT2D eigenvalue weighted by Gasteiger charge is -2.35. The summed E-state index contributed by atoms with van der Waals surface area (Å²) in [6.45, 7) is 21.3. The minimum absolute atomic E-state index is 0.458. The fraction of sp³-hybridized carbons (Fsp3) is 0.800. The van der Waals surface area contributed by atoms with Crippen LogP contribution in [0.1, 0.15) is 55.4 Å². The normalized spacial score (nSPS) is 27.7. The monoisotopic (exact) mass is 328 g/mol. The van der Waals surface area contributed by atoms with Crippen molar-refractivity contribution in [1.29, 1.82) is 0 Å². The van der Waals surface area contributed by atoms with Crippen molar-refractivity contribution in [2.75, 3.05) is 0 Å². The van der Waals surface area contributed by atoms with Crippen LogP contribution in [0.3, 0.4) is 0 Å². The molecule has 2 aliphatic heterocycles. The zero-order valence-electron chi connectivity index (χ0n) is 16.5. The highest BCUT2D eigenvalue weighted by Gasteiger charge is 2.50. The van der Waals surface area contributed by atoms with Crippen LogP contribution in [-0.4, -0.2) is 13.4 Å². The molecule has 0 aliphatic carbocycles. The maximum atomic E-state index is 2.46. The fourth-order valence-electron chi connectivity index (χ4n) is 4.92. The van der Waals surface area contributed by atoms with Gasteiger partial charge in [0.25, 0.3) is 0 Å². The van der Waals surface area contributed by atoms with E-state index in [1.54, 1.807) is 9.55 Å². The van der Waals surface area contributed by atoms with E-state index in [1.807, 2.05) is 0 Å². The highest BCUT2D eigenvalue weighted by Crippen LogP contribution is 2.54. The van der Waals surface area contributed by atoms with E-state index >= 15 is 0 Å². The topological polar surface area (TPSA) is 0 Å². The molecule has 0 nitrogen and oxygen atoms in total. The minimum Gasteiger partial charge on any atom is -0.165 e. The van der Waals surface area contributed by atoms with E-state index in [0.29, 0.717) is 21.7 Å². The van der Waals surface area contributed by atoms with Gasteiger partial charge in [-0.2, -0.15) is 11.3 Å². The van der Waals surface area contributed by atoms with E-state index in [9.17, 15) is 0 Å². The average molecular weight is 328 g/mol. The van der Waals surface area contributed by atoms with Crippen LogP contribution in [0, 0.1) is 21.7 Å². The lowest BCUT2D eigenvalue weighted by molar-refractivity contribution is 0.177. The number of hydrogen-bond acceptors (Lipinski definition) is 1. The lowest BCUT2D eigenvalue weighted by Crippen LogP contribution is -2.28. The van der Waals surface area contributed by atoms with Gasteiger partial charge in [0.15, 0.2) is 13.4 Å². The zero-order chi connectivity index (χ0) is 17.3. The Morgan fingerprint density at radius 1 is 0.609 bits per heavy atom. The first-order valence-corrected chi connectivity index (χ1v) is 10.3. The molecule has 0 unspecified atom stereocenters. The van der Waals surface area contributed by atoms with Gasteiger partial charge in [0.05, 0.1) is 0 Å². The molecule has 2 saturated heterocycles. The predicted octanol–water partition coefficient (Wildman–Crippen LogP) is 5.28. The molecule has 0 aromatic carbocycles. The Labute approximate surface area is 149 Å². The van der Waals surface area contributed by atoms with E-state index in [1.165, 1.54) is 25.3 Å². The van der Waals surface area contributed by atoms with Gasteiger partial charge in [-0.05, 0) is 31.2 Å². The van der Waals surface area contributed by atoms with Gasteiger partial charge in [0.1, 0.15) is 0 Å². The Bertz CT molecular complexity index is 512. The molecule has 0 radical (unpaired) electrons. The summed E-state index contributed by atoms with van der Waals surface area (Å²) >= 11 is 2.13. The second-order valence-electron chi connectivity index (χ2n) is 11.0. The Morgan fingerprint density at radius 2 is 0.870 bits per heavy atom. The van der Waals surface area contributed by atoms with Crippen molar-refractivity contribution in [3.05, 3.63) is 12.1 Å². The van der Waals surface area contributed by atoms with Crippen molar-refractivity contribution in [1.82, 2.24) is 0 Å². The first-order chi connectivity index (χ1) is 10.3. The van der Waals surface area contributed by atoms with E-state index in [0.717, 1.165) is 13.4 Å². The molecule has 23 heavy (non-hydrogen) atoms. The van der Waals surface area contributed by atoms with E-state index < -0.39 is 0 Å². The maximum absolute atomic E-state index is 2.46. The average Bonchev–Trinajstić information content (AvgIpc) is 2.96. The second-order valence-corrected chi connectivity index (χ2v) is 12.1. The highest BCUT2D eigenvalue weighted by atomic mass is 32.1. The van der Waals surface area contributed by atoms with Crippen LogP contribution in [0.5, 0.6) is 0 Å². The van der Waals surface area contributed by atoms with Gasteiger partial charge in [-0.25, -0.2) is 0 Å². The van der Waals surface area contributed by atoms with Crippen LogP contribution in [-0.2, 0) is 0 Å². The summed E-state index contributed by atoms with van der Waals surface area (Å²) in [4.78, 5) is 0. The first-order valence-electron chi connectivity index (χ1n) is 9.44. The molecule has 0 atom stereocenters. The smallest absolute Gasteiger partial charge is 0.165 e. The van der Waals surface area contributed by atoms with Gasteiger partial charge in [-0.1, -0.05) is 92.8 Å². The molecular formula is C20H34B2S. The molecule has 1 aromatic rings. The molecular weight excluding hydrogens is 294 g/mol. The molecule has 2 aliphatic rings. The standard InChI is InChI=1S/C20H34B2S/c1-17(2)11-21(12-18(17,3)4)15-9-10-16(23-15)22-13-19(5,6)20(7,8)14-22/h9-10H,11-14H2,1-8H3. The van der Waals surface area contributed by atoms with Gasteiger partial charge in [0.2, 0.25) is 0 Å². The Hall–Kier alpha value is -0.170. The van der Waals surface area contributed by atoms with E-state index in [2.05, 4.69) is 78.9 Å². The van der Waals surface area contributed by atoms with Crippen molar-refractivity contribution in [3.8, 4) is 0 Å². The molecule has 0 N–H and O–H groups in total. The third-order valence-corrected chi connectivity index (χ3v) is 9.55. The van der Waals surface area contributed by atoms with Gasteiger partial charge in [-0.15, -0.1) is 0 Å². The summed E-state index contributed by atoms with van der Waals surface area (Å²) in [5.41, 5.74) is 1.83. The predicted molar refractivity (Wildman–Crippen MR) is 109 cm³/mol. The molecule has 3 heteroatoms. The molecule has 3 heterocycles. The summed E-state index contributed by atoms with van der Waals surface area (Å²) in [6.07, 6.45) is 5.40. The summed E-state index contributed by atoms with van der Waals surface area (Å²) in [7, 11) is 0. The Morgan fingerprint density at radius 3 is 1.13 bits per heavy atom. The Kier molecular flexibility index (Phi) is 3.96. The lowest BCUT2D eigenvalue weighted by atomic mass is 9.45. The molecule has 0 amide bonds. The summed E-state index contributed by atoms with van der Waals surface area (Å²) in [5, 5.41) is 0. The van der Waals surface area contributed by atoms with Crippen molar-refractivity contribution in [2.24, 2.45) is 21.7 Å². The quantitative estimate of drug-likeness (QED) is 0.648. The molecule has 0 bridgehead atoms. The van der Waals surface area contributed by atoms with Crippen LogP contribution in [0.4, 0.5) is 0 Å². The van der Waals surface area contributed by atoms with Crippen LogP contribution in [0.15, 0.2) is 12.1 Å². The number of thiophene rings is 1. The largest absolute Gasteiger partial charge is 0.190 e. The molecule has 3 rings (SSSR count). The van der Waals surface area contributed by atoms with Crippen molar-refractivity contribution < 1.29 is 0 Å². The van der Waals surface area contributed by atoms with Crippen molar-refractivity contribution in [2.45, 2.75) is 80.7 Å². The summed E-state index contributed by atoms with van der Waals surface area (Å²) in [5.74, 6) is 0. The van der Waals surface area contributed by atoms with Gasteiger partial charge >= 0.3 is 0 Å². The zero-order valence-corrected chi connectivity index (χ0v) is 17.4. The number of hydrogen-bond donors (Lipinski definition) is 0. The third kappa shape index (κ3) is 2.86. The summed E-state index contributed by atoms with van der Waals surface area (Å²) < 4.78 is 3.31. The van der Waals surface area contributed by atoms with Crippen LogP contribution in [0.25, 0.3) is 0 Å². The minimum atomic E-state index is 0.458. The van der Waals surface area contributed by atoms with Crippen LogP contribution in [0.2, 0.25) is 25.3 Å². The molecule has 0 saturated carbocycles. The van der Waals surface area contributed by atoms with E-state index in [4.69, 9.17) is 0 Å². The van der Waals surface area contributed by atoms with Gasteiger partial charge < -0.3 is 0 Å². The SMILES string of the molecule is CC1(C)CB(c2ccc(B3CC(C)(C)C(C)(C)C3)s2)CC1(C)C. The molecule has 1 aromatic heterocycles. The highest BCUT2D eigenvalue weighted by molar-refractivity contribution is 7.32. The van der Waals surface area contributed by atoms with Gasteiger partial charge in [0, 0.05) is 0 Å². The molecule has 0 spiro atoms. The van der Waals surface area contributed by atoms with Gasteiger partial charge in [-0.3, -0.25) is 0 Å². The Balaban J connectivity index is 1.78. The maximum Gasteiger partial charge on any atom is 0.190 e. The second kappa shape index (κ2) is 5.16. The van der Waals surface area contributed by atoms with Crippen molar-refractivity contribution >= 4 is 34.3 Å². The van der Waals surface area contributed by atoms with E-state index in [-0.39, 0.29) is 0 Å². The molecule has 126 valence electrons. The first kappa shape index (κ1) is 17.6. The summed E-state index contributed by atoms with van der Waals surface area (Å²) in [6, 6.07) is 4.92. The fourth-order valence-corrected chi connectivity index (χ4v) is 6.13. The third-order valence-electron chi connectivity index (χ3n) is 8.14.